The van der Waals surface area contributed by atoms with Crippen molar-refractivity contribution in [3.05, 3.63) is 186 Å². The predicted octanol–water partition coefficient (Wildman–Crippen LogP) is 14.4. The minimum Gasteiger partial charge on any atom is -0.310 e. The maximum absolute atomic E-state index is 2.49. The van der Waals surface area contributed by atoms with Crippen molar-refractivity contribution in [3.8, 4) is 22.3 Å². The van der Waals surface area contributed by atoms with Crippen LogP contribution in [0.4, 0.5) is 17.1 Å². The minimum absolute atomic E-state index is 0.0976. The van der Waals surface area contributed by atoms with Gasteiger partial charge in [0.15, 0.2) is 0 Å². The number of hydrogen-bond donors (Lipinski definition) is 0. The predicted molar refractivity (Wildman–Crippen MR) is 226 cm³/mol. The molecule has 0 radical (unpaired) electrons. The molecule has 0 heterocycles. The van der Waals surface area contributed by atoms with E-state index in [0.717, 1.165) is 11.4 Å². The van der Waals surface area contributed by atoms with Crippen molar-refractivity contribution in [2.24, 2.45) is 0 Å². The highest BCUT2D eigenvalue weighted by Gasteiger charge is 2.39. The second kappa shape index (κ2) is 10.7. The van der Waals surface area contributed by atoms with Crippen LogP contribution in [-0.4, -0.2) is 0 Å². The lowest BCUT2D eigenvalue weighted by Crippen LogP contribution is -2.17. The molecule has 0 aliphatic heterocycles. The third kappa shape index (κ3) is 4.25. The van der Waals surface area contributed by atoms with Gasteiger partial charge in [0.05, 0.1) is 5.69 Å². The van der Waals surface area contributed by atoms with Gasteiger partial charge in [0.25, 0.3) is 0 Å². The van der Waals surface area contributed by atoms with Crippen LogP contribution in [0.1, 0.15) is 49.9 Å². The lowest BCUT2D eigenvalue weighted by Gasteiger charge is -2.30. The zero-order valence-corrected chi connectivity index (χ0v) is 30.5. The van der Waals surface area contributed by atoms with Crippen molar-refractivity contribution in [2.45, 2.75) is 38.5 Å². The van der Waals surface area contributed by atoms with Crippen LogP contribution < -0.4 is 4.90 Å². The highest BCUT2D eigenvalue weighted by molar-refractivity contribution is 6.11. The first-order valence-corrected chi connectivity index (χ1v) is 18.8. The average molecular weight is 678 g/mol. The summed E-state index contributed by atoms with van der Waals surface area (Å²) in [7, 11) is 0. The van der Waals surface area contributed by atoms with Gasteiger partial charge in [-0.1, -0.05) is 125 Å². The standard InChI is InChI=1S/C52H39N/c1-51(2)45-28-34-16-10-8-14-32(34)25-42(45)43-26-36-22-23-39(24-37(36)30-46(43)51)53(38-18-6-5-7-19-38)49-31-48-50(41-21-13-12-20-40(41)49)44-27-33-15-9-11-17-35(33)29-47(44)52(48,3)4/h5-31H,1-4H3. The Labute approximate surface area is 310 Å². The van der Waals surface area contributed by atoms with Gasteiger partial charge in [0.2, 0.25) is 0 Å². The zero-order chi connectivity index (χ0) is 35.6. The van der Waals surface area contributed by atoms with Crippen molar-refractivity contribution in [1.29, 1.82) is 0 Å². The van der Waals surface area contributed by atoms with Crippen LogP contribution in [-0.2, 0) is 10.8 Å². The van der Waals surface area contributed by atoms with E-state index in [2.05, 4.69) is 196 Å². The molecule has 0 N–H and O–H groups in total. The first-order chi connectivity index (χ1) is 25.8. The van der Waals surface area contributed by atoms with E-state index in [9.17, 15) is 0 Å². The number of benzene rings is 9. The molecule has 0 amide bonds. The number of fused-ring (bicyclic) bond motifs is 11. The maximum atomic E-state index is 2.49. The molecular weight excluding hydrogens is 639 g/mol. The molecule has 0 saturated carbocycles. The van der Waals surface area contributed by atoms with Gasteiger partial charge in [-0.2, -0.15) is 0 Å². The summed E-state index contributed by atoms with van der Waals surface area (Å²) in [6.07, 6.45) is 0. The molecule has 9 aromatic rings. The van der Waals surface area contributed by atoms with Crippen LogP contribution in [0.2, 0.25) is 0 Å². The van der Waals surface area contributed by atoms with Crippen molar-refractivity contribution in [2.75, 3.05) is 4.90 Å². The molecule has 0 saturated heterocycles. The van der Waals surface area contributed by atoms with Gasteiger partial charge in [-0.25, -0.2) is 0 Å². The van der Waals surface area contributed by atoms with E-state index in [1.807, 2.05) is 0 Å². The summed E-state index contributed by atoms with van der Waals surface area (Å²) >= 11 is 0. The lowest BCUT2D eigenvalue weighted by molar-refractivity contribution is 0.661. The van der Waals surface area contributed by atoms with E-state index in [-0.39, 0.29) is 10.8 Å². The Morgan fingerprint density at radius 1 is 0.340 bits per heavy atom. The molecule has 0 aromatic heterocycles. The van der Waals surface area contributed by atoms with E-state index in [1.165, 1.54) is 93.3 Å². The summed E-state index contributed by atoms with van der Waals surface area (Å²) in [6.45, 7) is 9.57. The first-order valence-electron chi connectivity index (χ1n) is 18.8. The Balaban J connectivity index is 1.13. The summed E-state index contributed by atoms with van der Waals surface area (Å²) in [5, 5.41) is 10.3. The van der Waals surface area contributed by atoms with Crippen LogP contribution >= 0.6 is 0 Å². The topological polar surface area (TPSA) is 3.24 Å². The molecule has 0 unspecified atom stereocenters. The number of rotatable bonds is 3. The molecule has 11 rings (SSSR count). The molecule has 0 fully saturated rings. The largest absolute Gasteiger partial charge is 0.310 e. The maximum Gasteiger partial charge on any atom is 0.0543 e. The van der Waals surface area contributed by atoms with E-state index >= 15 is 0 Å². The fraction of sp³-hybridized carbons (Fsp3) is 0.115. The smallest absolute Gasteiger partial charge is 0.0543 e. The molecule has 0 spiro atoms. The molecule has 2 aliphatic carbocycles. The second-order valence-corrected chi connectivity index (χ2v) is 16.2. The Kier molecular flexibility index (Phi) is 6.14. The summed E-state index contributed by atoms with van der Waals surface area (Å²) in [6, 6.07) is 61.6. The molecule has 0 atom stereocenters. The Bertz CT molecular complexity index is 3000. The van der Waals surface area contributed by atoms with Crippen LogP contribution in [0.25, 0.3) is 65.3 Å². The average Bonchev–Trinajstić information content (AvgIpc) is 3.53. The monoisotopic (exact) mass is 677 g/mol. The molecule has 0 bridgehead atoms. The van der Waals surface area contributed by atoms with E-state index in [1.54, 1.807) is 0 Å². The minimum atomic E-state index is -0.162. The summed E-state index contributed by atoms with van der Waals surface area (Å²) in [5.41, 5.74) is 14.3. The molecule has 2 aliphatic rings. The van der Waals surface area contributed by atoms with Crippen molar-refractivity contribution in [3.63, 3.8) is 0 Å². The van der Waals surface area contributed by atoms with Crippen LogP contribution in [0.15, 0.2) is 164 Å². The highest BCUT2D eigenvalue weighted by Crippen LogP contribution is 2.56. The Hall–Kier alpha value is -6.18. The normalized spacial score (nSPS) is 14.7. The number of hydrogen-bond acceptors (Lipinski definition) is 1. The second-order valence-electron chi connectivity index (χ2n) is 16.2. The van der Waals surface area contributed by atoms with E-state index in [4.69, 9.17) is 0 Å². The van der Waals surface area contributed by atoms with Crippen molar-refractivity contribution < 1.29 is 0 Å². The Morgan fingerprint density at radius 2 is 0.811 bits per heavy atom. The third-order valence-corrected chi connectivity index (χ3v) is 12.5. The van der Waals surface area contributed by atoms with Gasteiger partial charge in [0, 0.05) is 27.6 Å². The van der Waals surface area contributed by atoms with Gasteiger partial charge in [0.1, 0.15) is 0 Å². The molecular formula is C52H39N. The van der Waals surface area contributed by atoms with Crippen molar-refractivity contribution >= 4 is 60.2 Å². The number of nitrogens with zero attached hydrogens (tertiary/aromatic N) is 1. The van der Waals surface area contributed by atoms with Gasteiger partial charge in [-0.15, -0.1) is 0 Å². The molecule has 1 nitrogen and oxygen atoms in total. The van der Waals surface area contributed by atoms with Crippen molar-refractivity contribution in [1.82, 2.24) is 0 Å². The zero-order valence-electron chi connectivity index (χ0n) is 30.5. The summed E-state index contributed by atoms with van der Waals surface area (Å²) < 4.78 is 0. The van der Waals surface area contributed by atoms with E-state index in [0.29, 0.717) is 0 Å². The van der Waals surface area contributed by atoms with E-state index < -0.39 is 0 Å². The highest BCUT2D eigenvalue weighted by atomic mass is 15.1. The SMILES string of the molecule is CC1(C)c2cc3ccccc3cc2-c2cc3ccc(N(c4ccccc4)c4cc5c(c6ccccc46)-c4cc6ccccc6cc4C5(C)C)cc3cc21. The lowest BCUT2D eigenvalue weighted by atomic mass is 9.81. The third-order valence-electron chi connectivity index (χ3n) is 12.5. The molecule has 252 valence electrons. The Morgan fingerprint density at radius 3 is 1.45 bits per heavy atom. The molecule has 9 aromatic carbocycles. The van der Waals surface area contributed by atoms with Gasteiger partial charge in [-0.3, -0.25) is 0 Å². The van der Waals surface area contributed by atoms with Gasteiger partial charge >= 0.3 is 0 Å². The summed E-state index contributed by atoms with van der Waals surface area (Å²) in [4.78, 5) is 2.48. The summed E-state index contributed by atoms with van der Waals surface area (Å²) in [5.74, 6) is 0. The van der Waals surface area contributed by atoms with Crippen LogP contribution in [0.3, 0.4) is 0 Å². The van der Waals surface area contributed by atoms with Crippen LogP contribution in [0.5, 0.6) is 0 Å². The fourth-order valence-corrected chi connectivity index (χ4v) is 9.73. The number of anilines is 3. The first kappa shape index (κ1) is 30.4. The molecule has 1 heteroatoms. The van der Waals surface area contributed by atoms with Gasteiger partial charge < -0.3 is 4.90 Å². The molecule has 53 heavy (non-hydrogen) atoms. The quantitative estimate of drug-likeness (QED) is 0.180. The van der Waals surface area contributed by atoms with Crippen LogP contribution in [0, 0.1) is 0 Å². The fourth-order valence-electron chi connectivity index (χ4n) is 9.73. The number of para-hydroxylation sites is 1. The van der Waals surface area contributed by atoms with Gasteiger partial charge in [-0.05, 0) is 149 Å².